The highest BCUT2D eigenvalue weighted by atomic mass is 16.6. The third-order valence-electron chi connectivity index (χ3n) is 27.2. The smallest absolute Gasteiger partial charge is 0.408 e. The lowest BCUT2D eigenvalue weighted by molar-refractivity contribution is 0.0486. The fourth-order valence-electron chi connectivity index (χ4n) is 19.4. The Hall–Kier alpha value is -9.90. The normalized spacial score (nSPS) is 25.7. The van der Waals surface area contributed by atoms with Crippen molar-refractivity contribution in [2.24, 2.45) is 41.2 Å². The maximum atomic E-state index is 13.1. The topological polar surface area (TPSA) is 286 Å². The number of hydrogen-bond donors (Lipinski definition) is 6. The van der Waals surface area contributed by atoms with Gasteiger partial charge in [0.15, 0.2) is 0 Å². The molecule has 3 aromatic carbocycles. The number of aromatic nitrogens is 3. The molecule has 3 aliphatic carbocycles. The molecule has 9 atom stereocenters. The van der Waals surface area contributed by atoms with E-state index in [4.69, 9.17) is 44.4 Å². The van der Waals surface area contributed by atoms with Crippen LogP contribution in [-0.2, 0) is 23.7 Å². The van der Waals surface area contributed by atoms with E-state index < -0.39 is 11.2 Å². The summed E-state index contributed by atoms with van der Waals surface area (Å²) in [5.74, 6) is 8.70. The Morgan fingerprint density at radius 3 is 0.975 bits per heavy atom. The molecule has 28 heteroatoms. The number of nitrogens with two attached hydrogens (primary N) is 1. The van der Waals surface area contributed by atoms with Crippen LogP contribution in [0.15, 0.2) is 91.0 Å². The maximum absolute atomic E-state index is 13.1. The lowest BCUT2D eigenvalue weighted by Crippen LogP contribution is -2.44. The van der Waals surface area contributed by atoms with Gasteiger partial charge in [-0.2, -0.15) is 0 Å². The zero-order valence-electron chi connectivity index (χ0n) is 74.0. The number of aryl methyl sites for hydroxylation is 3. The van der Waals surface area contributed by atoms with Gasteiger partial charge in [-0.1, -0.05) is 58.2 Å². The number of urea groups is 3. The SMILES string of the molecule is CC[C@@H]1CCN(C(=O)Nc2ccc(C)c(-c3cc(N4CCOCC4)nc(N4CC5C[C@@]5(NC(=O)OC(C)(C)C)C4)c3)c2)C1.CC[C@@H]1CCN(C(=O)Nc2ccc(C)c(-c3cc(N4CCOCC4)nc(N4CC5C[C@]5(N)C4)c3)c2)C1.CC[C@@H]1CCN(C(=O)Nc2ccc(C)c(-c3cc(N4CCOCC4)nc(N4CC5C[C@]5(NC(=O)OC(C)(C)C)C4)c3)c2)C1. The van der Waals surface area contributed by atoms with E-state index in [9.17, 15) is 24.0 Å². The molecule has 9 saturated heterocycles. The number of ether oxygens (including phenoxy) is 5. The fraction of sp³-hybridized carbons (Fsp3) is 0.596. The summed E-state index contributed by atoms with van der Waals surface area (Å²) in [6, 6.07) is 31.4. The van der Waals surface area contributed by atoms with E-state index in [-0.39, 0.29) is 46.9 Å². The first-order chi connectivity index (χ1) is 58.4. The van der Waals surface area contributed by atoms with Crippen LogP contribution in [0.2, 0.25) is 0 Å². The van der Waals surface area contributed by atoms with Crippen molar-refractivity contribution in [3.8, 4) is 33.4 Å². The van der Waals surface area contributed by atoms with Gasteiger partial charge in [0.1, 0.15) is 46.1 Å². The summed E-state index contributed by atoms with van der Waals surface area (Å²) in [4.78, 5) is 99.2. The number of piperidine rings is 3. The van der Waals surface area contributed by atoms with Crippen molar-refractivity contribution < 1.29 is 47.7 Å². The number of nitrogens with zero attached hydrogens (tertiary/aromatic N) is 12. The summed E-state index contributed by atoms with van der Waals surface area (Å²) < 4.78 is 28.0. The van der Waals surface area contributed by atoms with Gasteiger partial charge in [-0.25, -0.2) is 38.9 Å². The first kappa shape index (κ1) is 85.7. The first-order valence-corrected chi connectivity index (χ1v) is 45.1. The van der Waals surface area contributed by atoms with Gasteiger partial charge in [-0.05, 0) is 247 Å². The molecular weight excluding hydrogens is 1540 g/mol. The zero-order valence-corrected chi connectivity index (χ0v) is 74.0. The minimum absolute atomic E-state index is 0.00490. The Bertz CT molecular complexity index is 4620. The van der Waals surface area contributed by atoms with Gasteiger partial charge in [0, 0.05) is 152 Å². The van der Waals surface area contributed by atoms with Crippen molar-refractivity contribution in [1.82, 2.24) is 40.3 Å². The third kappa shape index (κ3) is 20.0. The second-order valence-corrected chi connectivity index (χ2v) is 38.6. The molecule has 18 rings (SSSR count). The number of fused-ring (bicyclic) bond motifs is 3. The quantitative estimate of drug-likeness (QED) is 0.0495. The standard InChI is InChI=1S/2C33H46N6O4.C28H38N6O2/c2*1-6-23-9-10-38(19-23)30(40)34-26-8-7-22(2)27(17-26)24-15-28(37-11-13-42-14-12-37)35-29(16-24)39-20-25-18-33(25,21-39)36-31(41)43-32(3,4)5;1-3-20-6-7-33(16-20)27(35)30-23-5-4-19(2)24(14-23)21-12-25(32-8-10-36-11-9-32)31-26(13-21)34-17-22-15-28(22,29)18-34/h2*7-8,15-17,23,25H,6,9-14,18-21H2,1-5H3,(H,34,40)(H,36,41);4-5,12-14,20,22H,3,6-11,15-18,29H2,1-2H3,(H,30,35)/t23-,25?,33+;23-,25?,33-;20-,22?,28+/m111/s1. The van der Waals surface area contributed by atoms with Crippen LogP contribution in [0.3, 0.4) is 0 Å². The molecule has 3 aromatic heterocycles. The first-order valence-electron chi connectivity index (χ1n) is 45.1. The minimum Gasteiger partial charge on any atom is -0.444 e. The summed E-state index contributed by atoms with van der Waals surface area (Å²) >= 11 is 0. The number of likely N-dealkylation sites (tertiary alicyclic amines) is 3. The molecule has 7 N–H and O–H groups in total. The predicted molar refractivity (Wildman–Crippen MR) is 481 cm³/mol. The third-order valence-corrected chi connectivity index (χ3v) is 27.2. The molecule has 0 bridgehead atoms. The molecule has 9 aliphatic heterocycles. The van der Waals surface area contributed by atoms with Gasteiger partial charge in [0.25, 0.3) is 0 Å². The van der Waals surface area contributed by atoms with E-state index in [1.54, 1.807) is 0 Å². The van der Waals surface area contributed by atoms with Crippen LogP contribution in [-0.4, -0.2) is 245 Å². The number of carbonyl (C=O) groups excluding carboxylic acids is 5. The van der Waals surface area contributed by atoms with Gasteiger partial charge in [0.2, 0.25) is 0 Å². The van der Waals surface area contributed by atoms with Crippen LogP contribution < -0.4 is 61.7 Å². The number of rotatable bonds is 17. The van der Waals surface area contributed by atoms with Gasteiger partial charge in [-0.15, -0.1) is 0 Å². The Balaban J connectivity index is 0.000000136. The van der Waals surface area contributed by atoms with Crippen molar-refractivity contribution in [3.05, 3.63) is 108 Å². The molecule has 3 unspecified atom stereocenters. The molecule has 6 aromatic rings. The molecule has 122 heavy (non-hydrogen) atoms. The van der Waals surface area contributed by atoms with Crippen molar-refractivity contribution in [2.75, 3.05) is 203 Å². The average molecular weight is 1670 g/mol. The van der Waals surface area contributed by atoms with Crippen LogP contribution in [0.5, 0.6) is 0 Å². The van der Waals surface area contributed by atoms with Crippen molar-refractivity contribution >= 4 is 82.2 Å². The predicted octanol–water partition coefficient (Wildman–Crippen LogP) is 14.2. The molecule has 0 spiro atoms. The van der Waals surface area contributed by atoms with E-state index in [1.165, 1.54) is 5.56 Å². The second-order valence-electron chi connectivity index (χ2n) is 38.6. The van der Waals surface area contributed by atoms with E-state index in [2.05, 4.69) is 170 Å². The number of amides is 8. The molecule has 656 valence electrons. The minimum atomic E-state index is -0.537. The maximum Gasteiger partial charge on any atom is 0.408 e. The molecule has 8 amide bonds. The number of morpholine rings is 3. The van der Waals surface area contributed by atoms with Crippen molar-refractivity contribution in [3.63, 3.8) is 0 Å². The summed E-state index contributed by atoms with van der Waals surface area (Å²) in [6.45, 7) is 43.0. The number of pyridine rings is 3. The lowest BCUT2D eigenvalue weighted by Gasteiger charge is -2.30. The molecule has 0 radical (unpaired) electrons. The van der Waals surface area contributed by atoms with E-state index in [1.807, 2.05) is 74.4 Å². The Labute approximate surface area is 720 Å². The average Bonchev–Trinajstić information content (AvgIpc) is 1.57. The number of hydrogen-bond acceptors (Lipinski definition) is 20. The monoisotopic (exact) mass is 1670 g/mol. The molecule has 3 saturated carbocycles. The van der Waals surface area contributed by atoms with Crippen LogP contribution in [0, 0.1) is 56.3 Å². The lowest BCUT2D eigenvalue weighted by atomic mass is 10.00. The number of nitrogens with one attached hydrogen (secondary N) is 5. The summed E-state index contributed by atoms with van der Waals surface area (Å²) in [7, 11) is 0. The number of carbonyl (C=O) groups is 5. The van der Waals surface area contributed by atoms with E-state index >= 15 is 0 Å². The zero-order chi connectivity index (χ0) is 85.6. The van der Waals surface area contributed by atoms with E-state index in [0.717, 1.165) is 272 Å². The Morgan fingerprint density at radius 1 is 0.402 bits per heavy atom. The fourth-order valence-corrected chi connectivity index (χ4v) is 19.4. The van der Waals surface area contributed by atoms with E-state index in [0.29, 0.717) is 75.0 Å². The summed E-state index contributed by atoms with van der Waals surface area (Å²) in [6.07, 6.45) is 8.86. The number of benzene rings is 3. The van der Waals surface area contributed by atoms with Gasteiger partial charge in [0.05, 0.1) is 50.7 Å². The summed E-state index contributed by atoms with van der Waals surface area (Å²) in [5, 5.41) is 15.8. The Morgan fingerprint density at radius 2 is 0.697 bits per heavy atom. The van der Waals surface area contributed by atoms with Gasteiger partial charge in [-0.3, -0.25) is 0 Å². The molecular formula is C94H130N18O10. The highest BCUT2D eigenvalue weighted by molar-refractivity contribution is 5.93. The highest BCUT2D eigenvalue weighted by Gasteiger charge is 2.63. The summed E-state index contributed by atoms with van der Waals surface area (Å²) in [5.41, 5.74) is 17.2. The van der Waals surface area contributed by atoms with Crippen LogP contribution in [0.25, 0.3) is 33.4 Å². The Kier molecular flexibility index (Phi) is 24.8. The van der Waals surface area contributed by atoms with Crippen molar-refractivity contribution in [2.45, 2.75) is 169 Å². The highest BCUT2D eigenvalue weighted by Crippen LogP contribution is 2.53. The van der Waals surface area contributed by atoms with Gasteiger partial charge < -0.3 is 100 Å². The number of anilines is 9. The molecule has 12 fully saturated rings. The van der Waals surface area contributed by atoms with Crippen molar-refractivity contribution in [1.29, 1.82) is 0 Å². The van der Waals surface area contributed by atoms with Crippen LogP contribution >= 0.6 is 0 Å². The molecule has 12 heterocycles. The number of alkyl carbamates (subject to hydrolysis) is 2. The van der Waals surface area contributed by atoms with Crippen LogP contribution in [0.1, 0.15) is 137 Å². The second kappa shape index (κ2) is 35.4. The molecule has 28 nitrogen and oxygen atoms in total. The largest absolute Gasteiger partial charge is 0.444 e. The molecule has 12 aliphatic rings. The van der Waals surface area contributed by atoms with Crippen LogP contribution in [0.4, 0.5) is 75.9 Å². The van der Waals surface area contributed by atoms with Gasteiger partial charge >= 0.3 is 30.3 Å².